The highest BCUT2D eigenvalue weighted by molar-refractivity contribution is 5.95. The molecular formula is C16H23N3O3. The molecule has 0 bridgehead atoms. The Balaban J connectivity index is 1.69. The third kappa shape index (κ3) is 5.46. The van der Waals surface area contributed by atoms with Crippen molar-refractivity contribution in [2.24, 2.45) is 0 Å². The maximum absolute atomic E-state index is 12.0. The van der Waals surface area contributed by atoms with Crippen LogP contribution in [0.1, 0.15) is 23.7 Å². The fourth-order valence-corrected chi connectivity index (χ4v) is 2.34. The van der Waals surface area contributed by atoms with Gasteiger partial charge in [-0.1, -0.05) is 0 Å². The summed E-state index contributed by atoms with van der Waals surface area (Å²) in [5, 5.41) is 5.59. The summed E-state index contributed by atoms with van der Waals surface area (Å²) in [4.78, 5) is 25.3. The first-order chi connectivity index (χ1) is 10.6. The number of benzene rings is 1. The van der Waals surface area contributed by atoms with Crippen molar-refractivity contribution in [1.82, 2.24) is 10.2 Å². The minimum Gasteiger partial charge on any atom is -0.379 e. The van der Waals surface area contributed by atoms with Crippen LogP contribution < -0.4 is 10.6 Å². The highest BCUT2D eigenvalue weighted by Gasteiger charge is 2.10. The van der Waals surface area contributed by atoms with E-state index in [0.717, 1.165) is 39.3 Å². The molecule has 0 unspecified atom stereocenters. The second-order valence-electron chi connectivity index (χ2n) is 5.32. The van der Waals surface area contributed by atoms with Crippen molar-refractivity contribution in [3.8, 4) is 0 Å². The zero-order valence-corrected chi connectivity index (χ0v) is 12.9. The molecule has 1 aromatic rings. The van der Waals surface area contributed by atoms with Crippen molar-refractivity contribution in [3.63, 3.8) is 0 Å². The van der Waals surface area contributed by atoms with Crippen LogP contribution in [0.5, 0.6) is 0 Å². The summed E-state index contributed by atoms with van der Waals surface area (Å²) >= 11 is 0. The standard InChI is InChI=1S/C16H23N3O3/c1-13(20)18-15-5-3-14(4-6-15)16(21)17-7-2-8-19-9-11-22-12-10-19/h3-6H,2,7-12H2,1H3,(H,17,21)(H,18,20). The van der Waals surface area contributed by atoms with Gasteiger partial charge in [0.25, 0.3) is 5.91 Å². The van der Waals surface area contributed by atoms with E-state index in [0.29, 0.717) is 17.8 Å². The summed E-state index contributed by atoms with van der Waals surface area (Å²) in [6, 6.07) is 6.87. The largest absolute Gasteiger partial charge is 0.379 e. The first-order valence-electron chi connectivity index (χ1n) is 7.61. The number of carbonyl (C=O) groups is 2. The minimum absolute atomic E-state index is 0.0867. The first-order valence-corrected chi connectivity index (χ1v) is 7.61. The van der Waals surface area contributed by atoms with Crippen LogP contribution in [0.4, 0.5) is 5.69 Å². The van der Waals surface area contributed by atoms with E-state index in [-0.39, 0.29) is 11.8 Å². The van der Waals surface area contributed by atoms with Gasteiger partial charge in [0.2, 0.25) is 5.91 Å². The number of hydrogen-bond donors (Lipinski definition) is 2. The number of anilines is 1. The summed E-state index contributed by atoms with van der Waals surface area (Å²) in [5.74, 6) is -0.211. The molecule has 1 fully saturated rings. The van der Waals surface area contributed by atoms with Crippen LogP contribution in [0.3, 0.4) is 0 Å². The van der Waals surface area contributed by atoms with Gasteiger partial charge in [-0.3, -0.25) is 14.5 Å². The molecule has 0 aromatic heterocycles. The van der Waals surface area contributed by atoms with E-state index in [1.54, 1.807) is 24.3 Å². The Morgan fingerprint density at radius 3 is 2.50 bits per heavy atom. The lowest BCUT2D eigenvalue weighted by atomic mass is 10.2. The zero-order chi connectivity index (χ0) is 15.8. The Hall–Kier alpha value is -1.92. The first kappa shape index (κ1) is 16.5. The Labute approximate surface area is 130 Å². The monoisotopic (exact) mass is 305 g/mol. The van der Waals surface area contributed by atoms with Crippen LogP contribution in [-0.2, 0) is 9.53 Å². The van der Waals surface area contributed by atoms with E-state index in [1.165, 1.54) is 6.92 Å². The maximum Gasteiger partial charge on any atom is 0.251 e. The van der Waals surface area contributed by atoms with Gasteiger partial charge < -0.3 is 15.4 Å². The van der Waals surface area contributed by atoms with Crippen LogP contribution in [0, 0.1) is 0 Å². The van der Waals surface area contributed by atoms with E-state index in [4.69, 9.17) is 4.74 Å². The van der Waals surface area contributed by atoms with E-state index >= 15 is 0 Å². The number of rotatable bonds is 6. The molecule has 6 nitrogen and oxygen atoms in total. The lowest BCUT2D eigenvalue weighted by molar-refractivity contribution is -0.114. The van der Waals surface area contributed by atoms with Crippen molar-refractivity contribution in [1.29, 1.82) is 0 Å². The Bertz CT molecular complexity index is 496. The van der Waals surface area contributed by atoms with Gasteiger partial charge in [-0.2, -0.15) is 0 Å². The fraction of sp³-hybridized carbons (Fsp3) is 0.500. The predicted molar refractivity (Wildman–Crippen MR) is 85.0 cm³/mol. The molecule has 22 heavy (non-hydrogen) atoms. The van der Waals surface area contributed by atoms with Crippen LogP contribution in [-0.4, -0.2) is 56.1 Å². The third-order valence-electron chi connectivity index (χ3n) is 3.51. The third-order valence-corrected chi connectivity index (χ3v) is 3.51. The Morgan fingerprint density at radius 2 is 1.86 bits per heavy atom. The van der Waals surface area contributed by atoms with E-state index in [9.17, 15) is 9.59 Å². The quantitative estimate of drug-likeness (QED) is 0.772. The van der Waals surface area contributed by atoms with Gasteiger partial charge in [0.05, 0.1) is 13.2 Å². The smallest absolute Gasteiger partial charge is 0.251 e. The molecule has 2 N–H and O–H groups in total. The topological polar surface area (TPSA) is 70.7 Å². The number of amides is 2. The van der Waals surface area contributed by atoms with Gasteiger partial charge >= 0.3 is 0 Å². The number of morpholine rings is 1. The molecule has 1 heterocycles. The van der Waals surface area contributed by atoms with Gasteiger partial charge in [-0.05, 0) is 37.2 Å². The average Bonchev–Trinajstić information content (AvgIpc) is 2.52. The molecule has 1 aliphatic rings. The molecule has 0 saturated carbocycles. The number of carbonyl (C=O) groups excluding carboxylic acids is 2. The lowest BCUT2D eigenvalue weighted by Crippen LogP contribution is -2.38. The molecule has 2 rings (SSSR count). The molecule has 2 amide bonds. The summed E-state index contributed by atoms with van der Waals surface area (Å²) < 4.78 is 5.30. The normalized spacial score (nSPS) is 15.3. The van der Waals surface area contributed by atoms with Crippen molar-refractivity contribution in [2.45, 2.75) is 13.3 Å². The van der Waals surface area contributed by atoms with E-state index < -0.39 is 0 Å². The Kier molecular flexibility index (Phi) is 6.36. The van der Waals surface area contributed by atoms with Crippen LogP contribution in [0.2, 0.25) is 0 Å². The van der Waals surface area contributed by atoms with Gasteiger partial charge in [0, 0.05) is 37.8 Å². The van der Waals surface area contributed by atoms with Gasteiger partial charge in [0.15, 0.2) is 0 Å². The molecule has 120 valence electrons. The molecule has 1 saturated heterocycles. The molecule has 0 spiro atoms. The molecule has 0 radical (unpaired) electrons. The molecule has 0 atom stereocenters. The number of ether oxygens (including phenoxy) is 1. The van der Waals surface area contributed by atoms with Crippen molar-refractivity contribution in [3.05, 3.63) is 29.8 Å². The minimum atomic E-state index is -0.125. The SMILES string of the molecule is CC(=O)Nc1ccc(C(=O)NCCCN2CCOCC2)cc1. The van der Waals surface area contributed by atoms with Gasteiger partial charge in [-0.15, -0.1) is 0 Å². The van der Waals surface area contributed by atoms with Crippen molar-refractivity contribution in [2.75, 3.05) is 44.7 Å². The summed E-state index contributed by atoms with van der Waals surface area (Å²) in [5.41, 5.74) is 1.29. The summed E-state index contributed by atoms with van der Waals surface area (Å²) in [6.07, 6.45) is 0.926. The van der Waals surface area contributed by atoms with Crippen LogP contribution in [0.15, 0.2) is 24.3 Å². The maximum atomic E-state index is 12.0. The second kappa shape index (κ2) is 8.51. The molecule has 0 aliphatic carbocycles. The average molecular weight is 305 g/mol. The fourth-order valence-electron chi connectivity index (χ4n) is 2.34. The highest BCUT2D eigenvalue weighted by atomic mass is 16.5. The molecular weight excluding hydrogens is 282 g/mol. The highest BCUT2D eigenvalue weighted by Crippen LogP contribution is 2.09. The summed E-state index contributed by atoms with van der Waals surface area (Å²) in [7, 11) is 0. The molecule has 6 heteroatoms. The number of hydrogen-bond acceptors (Lipinski definition) is 4. The van der Waals surface area contributed by atoms with Gasteiger partial charge in [-0.25, -0.2) is 0 Å². The second-order valence-corrected chi connectivity index (χ2v) is 5.32. The van der Waals surface area contributed by atoms with E-state index in [2.05, 4.69) is 15.5 Å². The van der Waals surface area contributed by atoms with E-state index in [1.807, 2.05) is 0 Å². The van der Waals surface area contributed by atoms with Crippen molar-refractivity contribution < 1.29 is 14.3 Å². The Morgan fingerprint density at radius 1 is 1.18 bits per heavy atom. The lowest BCUT2D eigenvalue weighted by Gasteiger charge is -2.26. The van der Waals surface area contributed by atoms with Gasteiger partial charge in [0.1, 0.15) is 0 Å². The summed E-state index contributed by atoms with van der Waals surface area (Å²) in [6.45, 7) is 6.63. The number of nitrogens with one attached hydrogen (secondary N) is 2. The zero-order valence-electron chi connectivity index (χ0n) is 12.9. The number of nitrogens with zero attached hydrogens (tertiary/aromatic N) is 1. The van der Waals surface area contributed by atoms with Crippen molar-refractivity contribution >= 4 is 17.5 Å². The predicted octanol–water partition coefficient (Wildman–Crippen LogP) is 1.10. The van der Waals surface area contributed by atoms with Crippen LogP contribution >= 0.6 is 0 Å². The van der Waals surface area contributed by atoms with Crippen LogP contribution in [0.25, 0.3) is 0 Å². The molecule has 1 aromatic carbocycles. The molecule has 1 aliphatic heterocycles.